The molecule has 22 heavy (non-hydrogen) atoms. The van der Waals surface area contributed by atoms with Gasteiger partial charge in [0, 0.05) is 13.1 Å². The van der Waals surface area contributed by atoms with Crippen LogP contribution in [0.2, 0.25) is 0 Å². The molecule has 1 aromatic heterocycles. The van der Waals surface area contributed by atoms with Crippen molar-refractivity contribution >= 4 is 5.91 Å². The highest BCUT2D eigenvalue weighted by Crippen LogP contribution is 2.33. The van der Waals surface area contributed by atoms with E-state index in [1.54, 1.807) is 24.0 Å². The maximum Gasteiger partial charge on any atom is 0.251 e. The highest BCUT2D eigenvalue weighted by atomic mass is 16.5. The number of rotatable bonds is 2. The zero-order valence-corrected chi connectivity index (χ0v) is 12.6. The number of hydrogen-bond donors (Lipinski definition) is 2. The first kappa shape index (κ1) is 15.2. The number of hydrogen-bond acceptors (Lipinski definition) is 6. The van der Waals surface area contributed by atoms with Crippen LogP contribution in [-0.2, 0) is 16.1 Å². The van der Waals surface area contributed by atoms with Crippen LogP contribution in [0.25, 0.3) is 0 Å². The van der Waals surface area contributed by atoms with Gasteiger partial charge in [-0.15, -0.1) is 0 Å². The zero-order chi connectivity index (χ0) is 15.7. The van der Waals surface area contributed by atoms with E-state index in [0.717, 1.165) is 5.69 Å². The summed E-state index contributed by atoms with van der Waals surface area (Å²) >= 11 is 0. The number of carbonyl (C=O) groups is 1. The molecule has 0 aromatic carbocycles. The second-order valence-corrected chi connectivity index (χ2v) is 6.10. The second-order valence-electron chi connectivity index (χ2n) is 6.10. The van der Waals surface area contributed by atoms with Crippen molar-refractivity contribution in [3.8, 4) is 5.75 Å². The Bertz CT molecular complexity index is 540. The predicted octanol–water partition coefficient (Wildman–Crippen LogP) is 0.758. The van der Waals surface area contributed by atoms with Crippen LogP contribution in [-0.4, -0.2) is 62.5 Å². The Morgan fingerprint density at radius 1 is 1.41 bits per heavy atom. The Hall–Kier alpha value is -1.70. The fraction of sp³-hybridized carbons (Fsp3) is 0.600. The maximum atomic E-state index is 12.4. The summed E-state index contributed by atoms with van der Waals surface area (Å²) in [5, 5.41) is 20.1. The largest absolute Gasteiger partial charge is 0.506 e. The van der Waals surface area contributed by atoms with Crippen molar-refractivity contribution in [2.75, 3.05) is 19.6 Å². The third kappa shape index (κ3) is 3.06. The van der Waals surface area contributed by atoms with E-state index in [9.17, 15) is 15.1 Å². The monoisotopic (exact) mass is 307 g/mol. The summed E-state index contributed by atoms with van der Waals surface area (Å²) in [7, 11) is 0. The third-order valence-corrected chi connectivity index (χ3v) is 4.38. The number of morpholine rings is 1. The molecule has 2 saturated heterocycles. The van der Waals surface area contributed by atoms with E-state index in [1.807, 2.05) is 0 Å². The molecule has 1 unspecified atom stereocenters. The van der Waals surface area contributed by atoms with Crippen LogP contribution in [0.15, 0.2) is 18.3 Å². The highest BCUT2D eigenvalue weighted by molar-refractivity contribution is 5.81. The molecule has 1 aromatic rings. The Morgan fingerprint density at radius 3 is 2.77 bits per heavy atom. The van der Waals surface area contributed by atoms with E-state index in [-0.39, 0.29) is 17.3 Å². The Kier molecular flexibility index (Phi) is 4.03. The molecule has 3 heterocycles. The first-order valence-electron chi connectivity index (χ1n) is 7.52. The van der Waals surface area contributed by atoms with Gasteiger partial charge >= 0.3 is 0 Å². The lowest BCUT2D eigenvalue weighted by atomic mass is 9.89. The highest BCUT2D eigenvalue weighted by Gasteiger charge is 2.45. The third-order valence-electron chi connectivity index (χ3n) is 4.38. The average Bonchev–Trinajstić information content (AvgIpc) is 2.50. The van der Waals surface area contributed by atoms with Gasteiger partial charge in [0.2, 0.25) is 0 Å². The Morgan fingerprint density at radius 2 is 2.14 bits per heavy atom. The maximum absolute atomic E-state index is 12.4. The van der Waals surface area contributed by atoms with E-state index >= 15 is 0 Å². The molecule has 7 heteroatoms. The molecular weight excluding hydrogens is 286 g/mol. The number of pyridine rings is 1. The molecule has 2 aliphatic heterocycles. The SMILES string of the molecule is CC1OC2(CCN(O)CC2)CN(Cc2ccc(O)cn2)C1=O. The van der Waals surface area contributed by atoms with Gasteiger partial charge in [-0.1, -0.05) is 0 Å². The summed E-state index contributed by atoms with van der Waals surface area (Å²) in [6, 6.07) is 3.28. The van der Waals surface area contributed by atoms with E-state index in [2.05, 4.69) is 4.98 Å². The minimum Gasteiger partial charge on any atom is -0.506 e. The van der Waals surface area contributed by atoms with Crippen molar-refractivity contribution in [1.82, 2.24) is 14.9 Å². The summed E-state index contributed by atoms with van der Waals surface area (Å²) in [4.78, 5) is 18.3. The van der Waals surface area contributed by atoms with Crippen LogP contribution in [0.1, 0.15) is 25.5 Å². The van der Waals surface area contributed by atoms with Crippen LogP contribution in [0.4, 0.5) is 0 Å². The normalized spacial score (nSPS) is 25.6. The fourth-order valence-electron chi connectivity index (χ4n) is 3.16. The summed E-state index contributed by atoms with van der Waals surface area (Å²) < 4.78 is 5.97. The van der Waals surface area contributed by atoms with Gasteiger partial charge in [0.05, 0.1) is 30.6 Å². The van der Waals surface area contributed by atoms with Crippen molar-refractivity contribution in [3.05, 3.63) is 24.0 Å². The zero-order valence-electron chi connectivity index (χ0n) is 12.6. The van der Waals surface area contributed by atoms with Crippen molar-refractivity contribution < 1.29 is 19.8 Å². The smallest absolute Gasteiger partial charge is 0.251 e. The molecule has 0 bridgehead atoms. The van der Waals surface area contributed by atoms with Crippen LogP contribution >= 0.6 is 0 Å². The summed E-state index contributed by atoms with van der Waals surface area (Å²) in [6.07, 6.45) is 2.28. The number of aromatic nitrogens is 1. The van der Waals surface area contributed by atoms with Crippen LogP contribution in [0.3, 0.4) is 0 Å². The van der Waals surface area contributed by atoms with Gasteiger partial charge in [0.15, 0.2) is 0 Å². The number of nitrogens with zero attached hydrogens (tertiary/aromatic N) is 3. The summed E-state index contributed by atoms with van der Waals surface area (Å²) in [6.45, 7) is 3.77. The van der Waals surface area contributed by atoms with Gasteiger partial charge < -0.3 is 20.0 Å². The number of carbonyl (C=O) groups excluding carboxylic acids is 1. The number of hydroxylamine groups is 2. The topological polar surface area (TPSA) is 86.1 Å². The second kappa shape index (κ2) is 5.83. The molecule has 7 nitrogen and oxygen atoms in total. The number of ether oxygens (including phenoxy) is 1. The molecule has 0 saturated carbocycles. The van der Waals surface area contributed by atoms with Crippen LogP contribution < -0.4 is 0 Å². The van der Waals surface area contributed by atoms with Crippen molar-refractivity contribution in [2.45, 2.75) is 38.0 Å². The molecular formula is C15H21N3O4. The molecule has 1 amide bonds. The first-order chi connectivity index (χ1) is 10.5. The van der Waals surface area contributed by atoms with Crippen molar-refractivity contribution in [3.63, 3.8) is 0 Å². The van der Waals surface area contributed by atoms with E-state index in [4.69, 9.17) is 4.74 Å². The van der Waals surface area contributed by atoms with Gasteiger partial charge in [-0.3, -0.25) is 9.78 Å². The number of piperidine rings is 1. The van der Waals surface area contributed by atoms with E-state index < -0.39 is 6.10 Å². The number of aromatic hydroxyl groups is 1. The number of amides is 1. The van der Waals surface area contributed by atoms with Crippen molar-refractivity contribution in [2.24, 2.45) is 0 Å². The van der Waals surface area contributed by atoms with Gasteiger partial charge in [0.1, 0.15) is 11.9 Å². The molecule has 0 radical (unpaired) electrons. The molecule has 2 N–H and O–H groups in total. The fourth-order valence-corrected chi connectivity index (χ4v) is 3.16. The molecule has 1 atom stereocenters. The van der Waals surface area contributed by atoms with Gasteiger partial charge in [-0.25, -0.2) is 0 Å². The lowest BCUT2D eigenvalue weighted by molar-refractivity contribution is -0.210. The van der Waals surface area contributed by atoms with Crippen molar-refractivity contribution in [1.29, 1.82) is 0 Å². The molecule has 0 aliphatic carbocycles. The Labute approximate surface area is 129 Å². The van der Waals surface area contributed by atoms with Crippen LogP contribution in [0.5, 0.6) is 5.75 Å². The lowest BCUT2D eigenvalue weighted by Gasteiger charge is -2.48. The van der Waals surface area contributed by atoms with E-state index in [1.165, 1.54) is 11.3 Å². The Balaban J connectivity index is 1.74. The van der Waals surface area contributed by atoms with Crippen LogP contribution in [0, 0.1) is 0 Å². The predicted molar refractivity (Wildman–Crippen MR) is 77.2 cm³/mol. The average molecular weight is 307 g/mol. The summed E-state index contributed by atoms with van der Waals surface area (Å²) in [5.41, 5.74) is 0.346. The van der Waals surface area contributed by atoms with Gasteiger partial charge in [-0.05, 0) is 31.9 Å². The molecule has 3 rings (SSSR count). The van der Waals surface area contributed by atoms with Gasteiger partial charge in [0.25, 0.3) is 5.91 Å². The van der Waals surface area contributed by atoms with Gasteiger partial charge in [-0.2, -0.15) is 5.06 Å². The standard InChI is InChI=1S/C15H21N3O4/c1-11-14(20)17(9-12-2-3-13(19)8-16-12)10-15(22-11)4-6-18(21)7-5-15/h2-3,8,11,19,21H,4-7,9-10H2,1H3. The molecule has 2 fully saturated rings. The minimum absolute atomic E-state index is 0.0491. The quantitative estimate of drug-likeness (QED) is 0.839. The summed E-state index contributed by atoms with van der Waals surface area (Å²) in [5.74, 6) is 0.0594. The first-order valence-corrected chi connectivity index (χ1v) is 7.52. The minimum atomic E-state index is -0.490. The lowest BCUT2D eigenvalue weighted by Crippen LogP contribution is -2.60. The van der Waals surface area contributed by atoms with E-state index in [0.29, 0.717) is 39.0 Å². The molecule has 1 spiro atoms. The molecule has 2 aliphatic rings. The molecule has 120 valence electrons.